The Balaban J connectivity index is 0. The van der Waals surface area contributed by atoms with Crippen molar-refractivity contribution in [1.29, 1.82) is 0 Å². The van der Waals surface area contributed by atoms with Crippen LogP contribution in [0.25, 0.3) is 0 Å². The van der Waals surface area contributed by atoms with Gasteiger partial charge in [0.1, 0.15) is 0 Å². The summed E-state index contributed by atoms with van der Waals surface area (Å²) in [4.78, 5) is 0. The molecule has 1 heteroatoms. The first-order valence-corrected chi connectivity index (χ1v) is 4.48. The minimum Gasteiger partial charge on any atom is -0.393 e. The van der Waals surface area contributed by atoms with Crippen molar-refractivity contribution in [2.45, 2.75) is 53.1 Å². The number of aliphatic hydroxyl groups excluding tert-OH is 1. The average Bonchev–Trinajstić information content (AvgIpc) is 1.90. The third kappa shape index (κ3) is 26.0. The van der Waals surface area contributed by atoms with Gasteiger partial charge < -0.3 is 5.11 Å². The van der Waals surface area contributed by atoms with Gasteiger partial charge in [-0.25, -0.2) is 0 Å². The van der Waals surface area contributed by atoms with Crippen LogP contribution in [0.4, 0.5) is 0 Å². The number of aliphatic hydroxyl groups is 1. The lowest BCUT2D eigenvalue weighted by atomic mass is 10.2. The lowest BCUT2D eigenvalue weighted by Crippen LogP contribution is -1.95. The van der Waals surface area contributed by atoms with Crippen LogP contribution >= 0.6 is 0 Å². The molecule has 0 aromatic rings. The molecule has 0 aromatic heterocycles. The molecule has 0 radical (unpaired) electrons. The summed E-state index contributed by atoms with van der Waals surface area (Å²) in [6.07, 6.45) is 7.25. The molecule has 0 amide bonds. The summed E-state index contributed by atoms with van der Waals surface area (Å²) in [5.41, 5.74) is 0. The second kappa shape index (κ2) is 12.4. The predicted octanol–water partition coefficient (Wildman–Crippen LogP) is 3.14. The molecule has 0 fully saturated rings. The summed E-state index contributed by atoms with van der Waals surface area (Å²) in [6.45, 7) is 8.03. The zero-order valence-corrected chi connectivity index (χ0v) is 8.30. The van der Waals surface area contributed by atoms with Crippen molar-refractivity contribution < 1.29 is 5.11 Å². The highest BCUT2D eigenvalue weighted by atomic mass is 16.3. The maximum atomic E-state index is 8.55. The molecule has 11 heavy (non-hydrogen) atoms. The molecule has 0 spiro atoms. The highest BCUT2D eigenvalue weighted by Gasteiger charge is 1.87. The largest absolute Gasteiger partial charge is 0.393 e. The maximum absolute atomic E-state index is 8.55. The number of hydrogen-bond donors (Lipinski definition) is 1. The van der Waals surface area contributed by atoms with E-state index >= 15 is 0 Å². The average molecular weight is 158 g/mol. The van der Waals surface area contributed by atoms with Crippen LogP contribution in [0.5, 0.6) is 0 Å². The summed E-state index contributed by atoms with van der Waals surface area (Å²) in [5.74, 6) is 0. The molecule has 0 aliphatic rings. The van der Waals surface area contributed by atoms with Crippen LogP contribution in [0.3, 0.4) is 0 Å². The fourth-order valence-electron chi connectivity index (χ4n) is 0.653. The van der Waals surface area contributed by atoms with Gasteiger partial charge in [0.2, 0.25) is 0 Å². The van der Waals surface area contributed by atoms with Crippen molar-refractivity contribution >= 4 is 0 Å². The minimum atomic E-state index is -0.102. The zero-order valence-electron chi connectivity index (χ0n) is 8.30. The molecular formula is C10H22O. The van der Waals surface area contributed by atoms with Gasteiger partial charge in [-0.2, -0.15) is 0 Å². The smallest absolute Gasteiger partial charge is 0.0512 e. The van der Waals surface area contributed by atoms with E-state index in [-0.39, 0.29) is 6.10 Å². The lowest BCUT2D eigenvalue weighted by Gasteiger charge is -1.95. The van der Waals surface area contributed by atoms with Gasteiger partial charge in [0.15, 0.2) is 0 Å². The fraction of sp³-hybridized carbons (Fsp3) is 0.800. The first kappa shape index (κ1) is 13.3. The zero-order chi connectivity index (χ0) is 9.11. The van der Waals surface area contributed by atoms with Gasteiger partial charge in [0.05, 0.1) is 6.10 Å². The Morgan fingerprint density at radius 3 is 1.91 bits per heavy atom. The van der Waals surface area contributed by atoms with Gasteiger partial charge in [-0.05, 0) is 26.7 Å². The van der Waals surface area contributed by atoms with E-state index in [2.05, 4.69) is 26.0 Å². The van der Waals surface area contributed by atoms with Gasteiger partial charge in [-0.1, -0.05) is 32.4 Å². The summed E-state index contributed by atoms with van der Waals surface area (Å²) < 4.78 is 0. The molecule has 0 aliphatic carbocycles. The molecule has 1 nitrogen and oxygen atoms in total. The monoisotopic (exact) mass is 158 g/mol. The Kier molecular flexibility index (Phi) is 15.0. The van der Waals surface area contributed by atoms with E-state index < -0.39 is 0 Å². The van der Waals surface area contributed by atoms with Gasteiger partial charge in [-0.15, -0.1) is 0 Å². The quantitative estimate of drug-likeness (QED) is 0.626. The SMILES string of the molecule is CC=CCC.CCCC(C)O. The molecule has 1 N–H and O–H groups in total. The Morgan fingerprint density at radius 1 is 1.36 bits per heavy atom. The van der Waals surface area contributed by atoms with Crippen molar-refractivity contribution in [2.75, 3.05) is 0 Å². The second-order valence-electron chi connectivity index (χ2n) is 2.61. The van der Waals surface area contributed by atoms with Crippen molar-refractivity contribution in [2.24, 2.45) is 0 Å². The Morgan fingerprint density at radius 2 is 1.91 bits per heavy atom. The molecule has 0 heterocycles. The van der Waals surface area contributed by atoms with Crippen molar-refractivity contribution in [3.05, 3.63) is 12.2 Å². The second-order valence-corrected chi connectivity index (χ2v) is 2.61. The Labute approximate surface area is 71.1 Å². The van der Waals surface area contributed by atoms with E-state index in [4.69, 9.17) is 5.11 Å². The van der Waals surface area contributed by atoms with Crippen LogP contribution in [0, 0.1) is 0 Å². The third-order valence-corrected chi connectivity index (χ3v) is 1.18. The van der Waals surface area contributed by atoms with E-state index in [9.17, 15) is 0 Å². The first-order chi connectivity index (χ1) is 5.18. The topological polar surface area (TPSA) is 20.2 Å². The molecule has 0 saturated carbocycles. The van der Waals surface area contributed by atoms with Crippen LogP contribution in [0.2, 0.25) is 0 Å². The number of allylic oxidation sites excluding steroid dienone is 2. The standard InChI is InChI=1S/C5H12O.C5H10/c1-3-4-5(2)6;1-3-5-4-2/h5-6H,3-4H2,1-2H3;3,5H,4H2,1-2H3. The van der Waals surface area contributed by atoms with Gasteiger partial charge in [0, 0.05) is 0 Å². The Bertz CT molecular complexity index is 74.9. The summed E-state index contributed by atoms with van der Waals surface area (Å²) in [6, 6.07) is 0. The molecule has 0 aromatic carbocycles. The predicted molar refractivity (Wildman–Crippen MR) is 51.7 cm³/mol. The van der Waals surface area contributed by atoms with Gasteiger partial charge >= 0.3 is 0 Å². The summed E-state index contributed by atoms with van der Waals surface area (Å²) >= 11 is 0. The van der Waals surface area contributed by atoms with Crippen LogP contribution in [-0.2, 0) is 0 Å². The third-order valence-electron chi connectivity index (χ3n) is 1.18. The molecule has 0 bridgehead atoms. The highest BCUT2D eigenvalue weighted by Crippen LogP contribution is 1.91. The molecule has 0 saturated heterocycles. The lowest BCUT2D eigenvalue weighted by molar-refractivity contribution is 0.183. The molecule has 0 aliphatic heterocycles. The van der Waals surface area contributed by atoms with E-state index in [0.717, 1.165) is 19.3 Å². The molecule has 1 atom stereocenters. The van der Waals surface area contributed by atoms with Crippen LogP contribution in [-0.4, -0.2) is 11.2 Å². The van der Waals surface area contributed by atoms with E-state index in [1.165, 1.54) is 0 Å². The van der Waals surface area contributed by atoms with Crippen LogP contribution in [0.15, 0.2) is 12.2 Å². The minimum absolute atomic E-state index is 0.102. The molecule has 1 unspecified atom stereocenters. The maximum Gasteiger partial charge on any atom is 0.0512 e. The molecular weight excluding hydrogens is 136 g/mol. The molecule has 68 valence electrons. The number of hydrogen-bond acceptors (Lipinski definition) is 1. The van der Waals surface area contributed by atoms with Crippen LogP contribution < -0.4 is 0 Å². The summed E-state index contributed by atoms with van der Waals surface area (Å²) in [5, 5.41) is 8.55. The normalized spacial score (nSPS) is 12.5. The van der Waals surface area contributed by atoms with E-state index in [1.54, 1.807) is 0 Å². The van der Waals surface area contributed by atoms with Gasteiger partial charge in [-0.3, -0.25) is 0 Å². The first-order valence-electron chi connectivity index (χ1n) is 4.48. The highest BCUT2D eigenvalue weighted by molar-refractivity contribution is 4.73. The van der Waals surface area contributed by atoms with Gasteiger partial charge in [0.25, 0.3) is 0 Å². The summed E-state index contributed by atoms with van der Waals surface area (Å²) in [7, 11) is 0. The Hall–Kier alpha value is -0.300. The van der Waals surface area contributed by atoms with Crippen LogP contribution in [0.1, 0.15) is 47.0 Å². The van der Waals surface area contributed by atoms with Crippen molar-refractivity contribution in [3.8, 4) is 0 Å². The van der Waals surface area contributed by atoms with Crippen molar-refractivity contribution in [1.82, 2.24) is 0 Å². The molecule has 0 rings (SSSR count). The number of rotatable bonds is 3. The van der Waals surface area contributed by atoms with E-state index in [1.807, 2.05) is 13.8 Å². The van der Waals surface area contributed by atoms with E-state index in [0.29, 0.717) is 0 Å². The fourth-order valence-corrected chi connectivity index (χ4v) is 0.653. The van der Waals surface area contributed by atoms with Crippen molar-refractivity contribution in [3.63, 3.8) is 0 Å².